The Bertz CT molecular complexity index is 653. The molecule has 0 spiro atoms. The summed E-state index contributed by atoms with van der Waals surface area (Å²) in [6.07, 6.45) is 1.42. The Morgan fingerprint density at radius 1 is 1.18 bits per heavy atom. The first-order valence-electron chi connectivity index (χ1n) is 6.88. The van der Waals surface area contributed by atoms with E-state index < -0.39 is 11.9 Å². The molecule has 0 saturated heterocycles. The lowest BCUT2D eigenvalue weighted by Gasteiger charge is -2.21. The van der Waals surface area contributed by atoms with Crippen LogP contribution in [0.5, 0.6) is 0 Å². The number of rotatable bonds is 5. The fraction of sp³-hybridized carbons (Fsp3) is 0.250. The van der Waals surface area contributed by atoms with Crippen molar-refractivity contribution in [2.24, 2.45) is 5.92 Å². The number of amides is 2. The van der Waals surface area contributed by atoms with Gasteiger partial charge in [0.1, 0.15) is 6.04 Å². The van der Waals surface area contributed by atoms with Crippen LogP contribution in [0.4, 0.5) is 5.69 Å². The third kappa shape index (κ3) is 4.33. The van der Waals surface area contributed by atoms with E-state index >= 15 is 0 Å². The number of halogens is 1. The van der Waals surface area contributed by atoms with E-state index in [2.05, 4.69) is 33.2 Å². The van der Waals surface area contributed by atoms with Gasteiger partial charge in [-0.15, -0.1) is 0 Å². The SMILES string of the molecule is CC(C)C(NC(=O)c1ccco1)C(=O)Nc1cccc(I)c1. The normalized spacial score (nSPS) is 12.0. The number of carbonyl (C=O) groups is 2. The van der Waals surface area contributed by atoms with Crippen molar-refractivity contribution >= 4 is 40.1 Å². The molecular formula is C16H17IN2O3. The summed E-state index contributed by atoms with van der Waals surface area (Å²) in [4.78, 5) is 24.5. The molecule has 6 heteroatoms. The summed E-state index contributed by atoms with van der Waals surface area (Å²) in [5.74, 6) is -0.521. The van der Waals surface area contributed by atoms with E-state index in [1.54, 1.807) is 12.1 Å². The van der Waals surface area contributed by atoms with Crippen LogP contribution in [-0.2, 0) is 4.79 Å². The van der Waals surface area contributed by atoms with Crippen molar-refractivity contribution in [3.63, 3.8) is 0 Å². The molecule has 0 aliphatic carbocycles. The molecule has 2 rings (SSSR count). The summed E-state index contributed by atoms with van der Waals surface area (Å²) >= 11 is 2.18. The molecule has 0 fully saturated rings. The minimum atomic E-state index is -0.643. The fourth-order valence-corrected chi connectivity index (χ4v) is 2.48. The standard InChI is InChI=1S/C16H17IN2O3/c1-10(2)14(19-15(20)13-7-4-8-22-13)16(21)18-12-6-3-5-11(17)9-12/h3-10,14H,1-2H3,(H,18,21)(H,19,20). The van der Waals surface area contributed by atoms with Crippen LogP contribution in [0.3, 0.4) is 0 Å². The molecule has 1 aromatic heterocycles. The molecule has 2 amide bonds. The highest BCUT2D eigenvalue weighted by Crippen LogP contribution is 2.14. The van der Waals surface area contributed by atoms with Crippen LogP contribution in [0.1, 0.15) is 24.4 Å². The maximum Gasteiger partial charge on any atom is 0.287 e. The Balaban J connectivity index is 2.07. The van der Waals surface area contributed by atoms with Crippen molar-refractivity contribution in [1.29, 1.82) is 0 Å². The van der Waals surface area contributed by atoms with E-state index in [1.165, 1.54) is 6.26 Å². The first-order valence-corrected chi connectivity index (χ1v) is 7.96. The van der Waals surface area contributed by atoms with E-state index in [4.69, 9.17) is 4.42 Å². The van der Waals surface area contributed by atoms with E-state index in [0.717, 1.165) is 3.57 Å². The lowest BCUT2D eigenvalue weighted by Crippen LogP contribution is -2.47. The zero-order valence-corrected chi connectivity index (χ0v) is 14.5. The molecule has 22 heavy (non-hydrogen) atoms. The topological polar surface area (TPSA) is 71.3 Å². The summed E-state index contributed by atoms with van der Waals surface area (Å²) in [7, 11) is 0. The second-order valence-corrected chi connectivity index (χ2v) is 6.42. The molecule has 1 heterocycles. The van der Waals surface area contributed by atoms with Crippen molar-refractivity contribution < 1.29 is 14.0 Å². The van der Waals surface area contributed by atoms with Crippen molar-refractivity contribution in [3.05, 3.63) is 52.0 Å². The Labute approximate surface area is 142 Å². The average molecular weight is 412 g/mol. The number of anilines is 1. The summed E-state index contributed by atoms with van der Waals surface area (Å²) in [5.41, 5.74) is 0.704. The predicted molar refractivity (Wildman–Crippen MR) is 92.6 cm³/mol. The van der Waals surface area contributed by atoms with Gasteiger partial charge in [-0.25, -0.2) is 0 Å². The van der Waals surface area contributed by atoms with Crippen LogP contribution in [0.15, 0.2) is 47.1 Å². The van der Waals surface area contributed by atoms with E-state index in [-0.39, 0.29) is 17.6 Å². The van der Waals surface area contributed by atoms with Crippen LogP contribution >= 0.6 is 22.6 Å². The molecule has 0 saturated carbocycles. The van der Waals surface area contributed by atoms with Gasteiger partial charge in [0.25, 0.3) is 5.91 Å². The van der Waals surface area contributed by atoms with Crippen LogP contribution in [0.25, 0.3) is 0 Å². The number of hydrogen-bond acceptors (Lipinski definition) is 3. The lowest BCUT2D eigenvalue weighted by molar-refractivity contribution is -0.118. The highest BCUT2D eigenvalue weighted by molar-refractivity contribution is 14.1. The Hall–Kier alpha value is -1.83. The zero-order valence-electron chi connectivity index (χ0n) is 12.3. The minimum absolute atomic E-state index is 0.0540. The molecule has 116 valence electrons. The van der Waals surface area contributed by atoms with E-state index in [1.807, 2.05) is 38.1 Å². The number of nitrogens with one attached hydrogen (secondary N) is 2. The summed E-state index contributed by atoms with van der Waals surface area (Å²) in [5, 5.41) is 5.53. The van der Waals surface area contributed by atoms with Crippen molar-refractivity contribution in [2.45, 2.75) is 19.9 Å². The molecule has 1 unspecified atom stereocenters. The third-order valence-electron chi connectivity index (χ3n) is 3.07. The smallest absolute Gasteiger partial charge is 0.287 e. The van der Waals surface area contributed by atoms with Crippen molar-refractivity contribution in [2.75, 3.05) is 5.32 Å². The molecule has 1 atom stereocenters. The summed E-state index contributed by atoms with van der Waals surface area (Å²) in [6.45, 7) is 3.75. The Morgan fingerprint density at radius 2 is 1.95 bits per heavy atom. The summed E-state index contributed by atoms with van der Waals surface area (Å²) < 4.78 is 6.07. The van der Waals surface area contributed by atoms with Gasteiger partial charge in [-0.05, 0) is 58.8 Å². The highest BCUT2D eigenvalue weighted by atomic mass is 127. The van der Waals surface area contributed by atoms with E-state index in [9.17, 15) is 9.59 Å². The maximum absolute atomic E-state index is 12.4. The molecule has 0 bridgehead atoms. The Kier molecular flexibility index (Phi) is 5.59. The largest absolute Gasteiger partial charge is 0.459 e. The van der Waals surface area contributed by atoms with Gasteiger partial charge in [0.15, 0.2) is 5.76 Å². The molecular weight excluding hydrogens is 395 g/mol. The van der Waals surface area contributed by atoms with Crippen molar-refractivity contribution in [3.8, 4) is 0 Å². The van der Waals surface area contributed by atoms with Crippen LogP contribution < -0.4 is 10.6 Å². The maximum atomic E-state index is 12.4. The van der Waals surface area contributed by atoms with Gasteiger partial charge in [-0.2, -0.15) is 0 Å². The third-order valence-corrected chi connectivity index (χ3v) is 3.74. The Morgan fingerprint density at radius 3 is 2.55 bits per heavy atom. The fourth-order valence-electron chi connectivity index (χ4n) is 1.94. The molecule has 2 aromatic rings. The van der Waals surface area contributed by atoms with Crippen LogP contribution in [-0.4, -0.2) is 17.9 Å². The molecule has 5 nitrogen and oxygen atoms in total. The van der Waals surface area contributed by atoms with Gasteiger partial charge in [0, 0.05) is 9.26 Å². The number of carbonyl (C=O) groups excluding carboxylic acids is 2. The molecule has 0 aliphatic heterocycles. The van der Waals surface area contributed by atoms with Crippen molar-refractivity contribution in [1.82, 2.24) is 5.32 Å². The monoisotopic (exact) mass is 412 g/mol. The molecule has 2 N–H and O–H groups in total. The first-order chi connectivity index (χ1) is 10.5. The molecule has 0 radical (unpaired) electrons. The molecule has 0 aliphatic rings. The highest BCUT2D eigenvalue weighted by Gasteiger charge is 2.25. The van der Waals surface area contributed by atoms with Gasteiger partial charge in [-0.3, -0.25) is 9.59 Å². The zero-order chi connectivity index (χ0) is 16.1. The predicted octanol–water partition coefficient (Wildman–Crippen LogP) is 3.28. The quantitative estimate of drug-likeness (QED) is 0.741. The van der Waals surface area contributed by atoms with E-state index in [0.29, 0.717) is 5.69 Å². The molecule has 1 aromatic carbocycles. The van der Waals surface area contributed by atoms with Gasteiger partial charge in [0.05, 0.1) is 6.26 Å². The number of furan rings is 1. The van der Waals surface area contributed by atoms with Gasteiger partial charge < -0.3 is 15.1 Å². The van der Waals surface area contributed by atoms with Crippen LogP contribution in [0, 0.1) is 9.49 Å². The van der Waals surface area contributed by atoms with Gasteiger partial charge >= 0.3 is 0 Å². The average Bonchev–Trinajstić information content (AvgIpc) is 2.98. The second kappa shape index (κ2) is 7.44. The van der Waals surface area contributed by atoms with Gasteiger partial charge in [0.2, 0.25) is 5.91 Å². The van der Waals surface area contributed by atoms with Crippen LogP contribution in [0.2, 0.25) is 0 Å². The van der Waals surface area contributed by atoms with Gasteiger partial charge in [-0.1, -0.05) is 19.9 Å². The number of benzene rings is 1. The lowest BCUT2D eigenvalue weighted by atomic mass is 10.0. The summed E-state index contributed by atoms with van der Waals surface area (Å²) in [6, 6.07) is 10.0. The first kappa shape index (κ1) is 16.5. The minimum Gasteiger partial charge on any atom is -0.459 e. The number of hydrogen-bond donors (Lipinski definition) is 2. The second-order valence-electron chi connectivity index (χ2n) is 5.17.